The maximum absolute atomic E-state index is 13.1. The highest BCUT2D eigenvalue weighted by Gasteiger charge is 2.22. The summed E-state index contributed by atoms with van der Waals surface area (Å²) in [7, 11) is 1.63. The third-order valence-corrected chi connectivity index (χ3v) is 5.06. The number of hydrogen-bond acceptors (Lipinski definition) is 4. The highest BCUT2D eigenvalue weighted by Crippen LogP contribution is 2.28. The number of nitrogens with zero attached hydrogens (tertiary/aromatic N) is 2. The minimum absolute atomic E-state index is 0.171. The second-order valence-electron chi connectivity index (χ2n) is 5.70. The van der Waals surface area contributed by atoms with Crippen LogP contribution in [0.3, 0.4) is 0 Å². The van der Waals surface area contributed by atoms with E-state index in [9.17, 15) is 18.4 Å². The molecule has 0 aliphatic heterocycles. The van der Waals surface area contributed by atoms with Crippen molar-refractivity contribution < 1.29 is 18.4 Å². The van der Waals surface area contributed by atoms with Gasteiger partial charge in [0.25, 0.3) is 5.91 Å². The summed E-state index contributed by atoms with van der Waals surface area (Å²) < 4.78 is 26.3. The van der Waals surface area contributed by atoms with Crippen LogP contribution in [0.5, 0.6) is 0 Å². The van der Waals surface area contributed by atoms with Crippen LogP contribution in [0.1, 0.15) is 38.9 Å². The fourth-order valence-electron chi connectivity index (χ4n) is 2.39. The van der Waals surface area contributed by atoms with Crippen molar-refractivity contribution in [2.24, 2.45) is 0 Å². The number of aryl methyl sites for hydroxylation is 2. The molecule has 0 aliphatic carbocycles. The van der Waals surface area contributed by atoms with Gasteiger partial charge in [0.15, 0.2) is 0 Å². The fraction of sp³-hybridized carbons (Fsp3) is 0.353. The van der Waals surface area contributed by atoms with E-state index in [4.69, 9.17) is 0 Å². The quantitative estimate of drug-likeness (QED) is 0.884. The molecule has 0 saturated carbocycles. The monoisotopic (exact) mass is 367 g/mol. The Morgan fingerprint density at radius 3 is 2.36 bits per heavy atom. The average molecular weight is 367 g/mol. The summed E-state index contributed by atoms with van der Waals surface area (Å²) in [5, 5.41) is 3.30. The second-order valence-corrected chi connectivity index (χ2v) is 6.94. The molecular weight excluding hydrogens is 348 g/mol. The molecule has 25 heavy (non-hydrogen) atoms. The molecular formula is C17H19F2N3O2S. The smallest absolute Gasteiger partial charge is 0.251 e. The Morgan fingerprint density at radius 1 is 1.24 bits per heavy atom. The minimum atomic E-state index is -0.849. The van der Waals surface area contributed by atoms with E-state index in [-0.39, 0.29) is 24.1 Å². The number of rotatable bonds is 5. The van der Waals surface area contributed by atoms with Crippen molar-refractivity contribution in [2.75, 3.05) is 13.6 Å². The number of amides is 2. The third-order valence-electron chi connectivity index (χ3n) is 3.82. The molecule has 1 heterocycles. The van der Waals surface area contributed by atoms with Crippen molar-refractivity contribution in [1.29, 1.82) is 0 Å². The number of benzene rings is 1. The fourth-order valence-corrected chi connectivity index (χ4v) is 3.42. The number of aromatic nitrogens is 1. The number of likely N-dealkylation sites (N-methyl/N-ethyl adjacent to an activating group) is 1. The van der Waals surface area contributed by atoms with Crippen molar-refractivity contribution in [3.63, 3.8) is 0 Å². The summed E-state index contributed by atoms with van der Waals surface area (Å²) in [4.78, 5) is 31.1. The number of thiazole rings is 1. The van der Waals surface area contributed by atoms with E-state index in [0.29, 0.717) is 6.07 Å². The average Bonchev–Trinajstić information content (AvgIpc) is 2.88. The van der Waals surface area contributed by atoms with Crippen molar-refractivity contribution >= 4 is 23.2 Å². The Bertz CT molecular complexity index is 787. The lowest BCUT2D eigenvalue weighted by Crippen LogP contribution is -2.39. The first-order valence-corrected chi connectivity index (χ1v) is 8.44. The van der Waals surface area contributed by atoms with Crippen LogP contribution >= 0.6 is 11.3 Å². The van der Waals surface area contributed by atoms with Gasteiger partial charge in [0.2, 0.25) is 5.91 Å². The van der Waals surface area contributed by atoms with Crippen LogP contribution in [0.4, 0.5) is 8.78 Å². The van der Waals surface area contributed by atoms with Crippen molar-refractivity contribution in [2.45, 2.75) is 26.8 Å². The van der Waals surface area contributed by atoms with Crippen molar-refractivity contribution in [3.05, 3.63) is 51.0 Å². The Labute approximate surface area is 148 Å². The Hall–Kier alpha value is -2.35. The van der Waals surface area contributed by atoms with Gasteiger partial charge in [0.05, 0.1) is 23.3 Å². The molecule has 2 aromatic rings. The summed E-state index contributed by atoms with van der Waals surface area (Å²) in [6.07, 6.45) is 0. The predicted molar refractivity (Wildman–Crippen MR) is 91.5 cm³/mol. The molecule has 2 amide bonds. The molecule has 0 saturated heterocycles. The van der Waals surface area contributed by atoms with Gasteiger partial charge in [-0.3, -0.25) is 9.59 Å². The summed E-state index contributed by atoms with van der Waals surface area (Å²) >= 11 is 1.52. The number of halogens is 2. The molecule has 1 aromatic heterocycles. The Kier molecular flexibility index (Phi) is 5.84. The van der Waals surface area contributed by atoms with Crippen LogP contribution in [-0.4, -0.2) is 35.3 Å². The molecule has 0 unspecified atom stereocenters. The van der Waals surface area contributed by atoms with Crippen LogP contribution in [0, 0.1) is 25.5 Å². The molecule has 134 valence electrons. The third kappa shape index (κ3) is 4.60. The van der Waals surface area contributed by atoms with Gasteiger partial charge in [-0.25, -0.2) is 13.8 Å². The first kappa shape index (κ1) is 19.0. The molecule has 0 fully saturated rings. The van der Waals surface area contributed by atoms with E-state index in [0.717, 1.165) is 27.7 Å². The predicted octanol–water partition coefficient (Wildman–Crippen LogP) is 2.99. The molecule has 0 spiro atoms. The summed E-state index contributed by atoms with van der Waals surface area (Å²) in [5.74, 6) is -2.72. The Morgan fingerprint density at radius 2 is 1.84 bits per heavy atom. The van der Waals surface area contributed by atoms with E-state index in [1.807, 2.05) is 20.8 Å². The first-order valence-electron chi connectivity index (χ1n) is 7.63. The van der Waals surface area contributed by atoms with Gasteiger partial charge in [-0.05, 0) is 32.9 Å². The van der Waals surface area contributed by atoms with Crippen molar-refractivity contribution in [1.82, 2.24) is 15.2 Å². The highest BCUT2D eigenvalue weighted by atomic mass is 32.1. The minimum Gasteiger partial charge on any atom is -0.343 e. The maximum Gasteiger partial charge on any atom is 0.251 e. The number of carbonyl (C=O) groups is 2. The van der Waals surface area contributed by atoms with Gasteiger partial charge < -0.3 is 10.2 Å². The number of carbonyl (C=O) groups excluding carboxylic acids is 2. The first-order chi connectivity index (χ1) is 11.7. The van der Waals surface area contributed by atoms with E-state index in [1.54, 1.807) is 7.05 Å². The van der Waals surface area contributed by atoms with Gasteiger partial charge in [0.1, 0.15) is 11.6 Å². The topological polar surface area (TPSA) is 62.3 Å². The molecule has 8 heteroatoms. The second kappa shape index (κ2) is 7.69. The van der Waals surface area contributed by atoms with Gasteiger partial charge in [0, 0.05) is 23.6 Å². The zero-order valence-corrected chi connectivity index (χ0v) is 15.2. The highest BCUT2D eigenvalue weighted by molar-refractivity contribution is 7.11. The lowest BCUT2D eigenvalue weighted by molar-refractivity contribution is -0.130. The summed E-state index contributed by atoms with van der Waals surface area (Å²) in [6, 6.07) is 2.32. The number of hydrogen-bond donors (Lipinski definition) is 1. The van der Waals surface area contributed by atoms with Crippen LogP contribution < -0.4 is 5.32 Å². The molecule has 0 bridgehead atoms. The van der Waals surface area contributed by atoms with Gasteiger partial charge >= 0.3 is 0 Å². The van der Waals surface area contributed by atoms with E-state index in [2.05, 4.69) is 10.3 Å². The summed E-state index contributed by atoms with van der Waals surface area (Å²) in [6.45, 7) is 5.39. The van der Waals surface area contributed by atoms with E-state index in [1.165, 1.54) is 16.2 Å². The molecule has 1 N–H and O–H groups in total. The molecule has 0 aliphatic rings. The van der Waals surface area contributed by atoms with Crippen LogP contribution in [0.15, 0.2) is 18.2 Å². The number of nitrogens with one attached hydrogen (secondary N) is 1. The molecule has 0 radical (unpaired) electrons. The van der Waals surface area contributed by atoms with Crippen LogP contribution in [0.25, 0.3) is 0 Å². The van der Waals surface area contributed by atoms with E-state index >= 15 is 0 Å². The normalized spacial score (nSPS) is 11.9. The van der Waals surface area contributed by atoms with Crippen LogP contribution in [-0.2, 0) is 4.79 Å². The lowest BCUT2D eigenvalue weighted by Gasteiger charge is -2.24. The van der Waals surface area contributed by atoms with Gasteiger partial charge in [-0.1, -0.05) is 0 Å². The van der Waals surface area contributed by atoms with E-state index < -0.39 is 17.5 Å². The molecule has 5 nitrogen and oxygen atoms in total. The largest absolute Gasteiger partial charge is 0.343 e. The molecule has 1 aromatic carbocycles. The van der Waals surface area contributed by atoms with Gasteiger partial charge in [-0.2, -0.15) is 0 Å². The summed E-state index contributed by atoms with van der Waals surface area (Å²) in [5.41, 5.74) is 0.698. The van der Waals surface area contributed by atoms with Crippen LogP contribution in [0.2, 0.25) is 0 Å². The molecule has 1 atom stereocenters. The Balaban J connectivity index is 1.99. The SMILES string of the molecule is Cc1nc(C)c([C@H](C)N(C)C(=O)CNC(=O)c2cc(F)cc(F)c2)s1. The van der Waals surface area contributed by atoms with Gasteiger partial charge in [-0.15, -0.1) is 11.3 Å². The lowest BCUT2D eigenvalue weighted by atomic mass is 10.2. The molecule has 2 rings (SSSR count). The standard InChI is InChI=1S/C17H19F2N3O2S/c1-9-16(25-11(3)21-9)10(2)22(4)15(23)8-20-17(24)12-5-13(18)7-14(19)6-12/h5-7,10H,8H2,1-4H3,(H,20,24)/t10-/m0/s1. The zero-order chi connectivity index (χ0) is 18.7. The zero-order valence-electron chi connectivity index (χ0n) is 14.4. The van der Waals surface area contributed by atoms with Crippen molar-refractivity contribution in [3.8, 4) is 0 Å². The maximum atomic E-state index is 13.1.